The predicted molar refractivity (Wildman–Crippen MR) is 50.7 cm³/mol. The molecule has 76 valence electrons. The Morgan fingerprint density at radius 2 is 2.21 bits per heavy atom. The van der Waals surface area contributed by atoms with Crippen LogP contribution in [0, 0.1) is 6.92 Å². The Bertz CT molecular complexity index is 366. The van der Waals surface area contributed by atoms with E-state index in [0.717, 1.165) is 0 Å². The number of alkyl halides is 1. The first-order valence-electron chi connectivity index (χ1n) is 3.95. The van der Waals surface area contributed by atoms with E-state index in [9.17, 15) is 9.18 Å². The van der Waals surface area contributed by atoms with Crippen LogP contribution in [0.15, 0.2) is 12.1 Å². The molecule has 0 saturated carbocycles. The summed E-state index contributed by atoms with van der Waals surface area (Å²) in [6.45, 7) is 0.712. The summed E-state index contributed by atoms with van der Waals surface area (Å²) in [6, 6.07) is 2.86. The molecule has 0 aliphatic heterocycles. The summed E-state index contributed by atoms with van der Waals surface area (Å²) in [5, 5.41) is 0. The standard InChI is InChI=1S/C9H11FN2O2/c1-5-2-8(14-4-10)7(11)3-6(5)9(12)13/h2-3H,4,11H2,1H3,(H2,12,13). The summed E-state index contributed by atoms with van der Waals surface area (Å²) in [7, 11) is 0. The summed E-state index contributed by atoms with van der Waals surface area (Å²) in [6.07, 6.45) is 0. The Balaban J connectivity index is 3.17. The minimum atomic E-state index is -0.959. The number of primary amides is 1. The number of hydrogen-bond acceptors (Lipinski definition) is 3. The quantitative estimate of drug-likeness (QED) is 0.710. The highest BCUT2D eigenvalue weighted by Gasteiger charge is 2.09. The molecule has 4 nitrogen and oxygen atoms in total. The van der Waals surface area contributed by atoms with Crippen molar-refractivity contribution in [2.45, 2.75) is 6.92 Å². The number of anilines is 1. The summed E-state index contributed by atoms with van der Waals surface area (Å²) >= 11 is 0. The second kappa shape index (κ2) is 3.95. The average Bonchev–Trinajstić information content (AvgIpc) is 2.10. The van der Waals surface area contributed by atoms with Gasteiger partial charge in [-0.2, -0.15) is 0 Å². The molecule has 0 bridgehead atoms. The van der Waals surface area contributed by atoms with Gasteiger partial charge in [-0.1, -0.05) is 0 Å². The van der Waals surface area contributed by atoms with E-state index >= 15 is 0 Å². The third-order valence-corrected chi connectivity index (χ3v) is 1.83. The van der Waals surface area contributed by atoms with Crippen LogP contribution in [0.25, 0.3) is 0 Å². The lowest BCUT2D eigenvalue weighted by atomic mass is 10.1. The second-order valence-corrected chi connectivity index (χ2v) is 2.82. The normalized spacial score (nSPS) is 9.86. The molecule has 0 radical (unpaired) electrons. The molecular formula is C9H11FN2O2. The molecular weight excluding hydrogens is 187 g/mol. The molecule has 0 unspecified atom stereocenters. The lowest BCUT2D eigenvalue weighted by Crippen LogP contribution is -2.13. The first-order valence-corrected chi connectivity index (χ1v) is 3.95. The zero-order valence-corrected chi connectivity index (χ0v) is 7.71. The molecule has 0 heterocycles. The van der Waals surface area contributed by atoms with Crippen LogP contribution in [0.4, 0.5) is 10.1 Å². The highest BCUT2D eigenvalue weighted by atomic mass is 19.1. The molecule has 0 spiro atoms. The molecule has 0 aliphatic rings. The third-order valence-electron chi connectivity index (χ3n) is 1.83. The molecule has 1 aromatic carbocycles. The van der Waals surface area contributed by atoms with Gasteiger partial charge in [0.2, 0.25) is 12.8 Å². The number of ether oxygens (including phenoxy) is 1. The number of hydrogen-bond donors (Lipinski definition) is 2. The van der Waals surface area contributed by atoms with Gasteiger partial charge >= 0.3 is 0 Å². The maximum Gasteiger partial charge on any atom is 0.249 e. The van der Waals surface area contributed by atoms with E-state index in [1.54, 1.807) is 6.92 Å². The Morgan fingerprint density at radius 3 is 2.71 bits per heavy atom. The molecule has 0 saturated heterocycles. The molecule has 0 aromatic heterocycles. The SMILES string of the molecule is Cc1cc(OCF)c(N)cc1C(N)=O. The van der Waals surface area contributed by atoms with E-state index in [1.807, 2.05) is 0 Å². The van der Waals surface area contributed by atoms with E-state index in [-0.39, 0.29) is 11.4 Å². The number of rotatable bonds is 3. The fourth-order valence-electron chi connectivity index (χ4n) is 1.15. The largest absolute Gasteiger partial charge is 0.461 e. The van der Waals surface area contributed by atoms with Crippen molar-refractivity contribution in [1.29, 1.82) is 0 Å². The van der Waals surface area contributed by atoms with E-state index in [1.165, 1.54) is 12.1 Å². The Labute approximate surface area is 80.6 Å². The van der Waals surface area contributed by atoms with Crippen LogP contribution in [-0.2, 0) is 0 Å². The smallest absolute Gasteiger partial charge is 0.249 e. The molecule has 0 aliphatic carbocycles. The number of nitrogen functional groups attached to an aromatic ring is 1. The van der Waals surface area contributed by atoms with E-state index in [2.05, 4.69) is 4.74 Å². The van der Waals surface area contributed by atoms with Gasteiger partial charge in [0.1, 0.15) is 5.75 Å². The van der Waals surface area contributed by atoms with Crippen molar-refractivity contribution in [3.05, 3.63) is 23.3 Å². The van der Waals surface area contributed by atoms with Crippen LogP contribution >= 0.6 is 0 Å². The maximum atomic E-state index is 11.9. The maximum absolute atomic E-state index is 11.9. The summed E-state index contributed by atoms with van der Waals surface area (Å²) in [5.74, 6) is -0.351. The van der Waals surface area contributed by atoms with Crippen LogP contribution in [0.5, 0.6) is 5.75 Å². The fraction of sp³-hybridized carbons (Fsp3) is 0.222. The number of benzene rings is 1. The van der Waals surface area contributed by atoms with Gasteiger partial charge in [0.15, 0.2) is 0 Å². The zero-order valence-electron chi connectivity index (χ0n) is 7.71. The van der Waals surface area contributed by atoms with Gasteiger partial charge in [-0.05, 0) is 24.6 Å². The molecule has 4 N–H and O–H groups in total. The van der Waals surface area contributed by atoms with Crippen LogP contribution in [0.3, 0.4) is 0 Å². The van der Waals surface area contributed by atoms with Gasteiger partial charge in [0, 0.05) is 5.56 Å². The molecule has 0 fully saturated rings. The van der Waals surface area contributed by atoms with E-state index in [4.69, 9.17) is 11.5 Å². The number of amides is 1. The molecule has 1 rings (SSSR count). The molecule has 5 heteroatoms. The first kappa shape index (κ1) is 10.3. The average molecular weight is 198 g/mol. The van der Waals surface area contributed by atoms with Crippen LogP contribution in [0.2, 0.25) is 0 Å². The van der Waals surface area contributed by atoms with Gasteiger partial charge in [0.25, 0.3) is 0 Å². The van der Waals surface area contributed by atoms with Crippen molar-refractivity contribution < 1.29 is 13.9 Å². The van der Waals surface area contributed by atoms with Crippen LogP contribution in [-0.4, -0.2) is 12.8 Å². The molecule has 1 amide bonds. The van der Waals surface area contributed by atoms with Crippen molar-refractivity contribution >= 4 is 11.6 Å². The van der Waals surface area contributed by atoms with Gasteiger partial charge < -0.3 is 16.2 Å². The number of aryl methyl sites for hydroxylation is 1. The van der Waals surface area contributed by atoms with Gasteiger partial charge in [-0.3, -0.25) is 4.79 Å². The van der Waals surface area contributed by atoms with Crippen molar-refractivity contribution in [2.24, 2.45) is 5.73 Å². The number of halogens is 1. The minimum Gasteiger partial charge on any atom is -0.461 e. The van der Waals surface area contributed by atoms with Crippen molar-refractivity contribution in [2.75, 3.05) is 12.6 Å². The molecule has 1 aromatic rings. The predicted octanol–water partition coefficient (Wildman–Crippen LogP) is 0.982. The van der Waals surface area contributed by atoms with Crippen molar-refractivity contribution in [3.63, 3.8) is 0 Å². The number of carbonyl (C=O) groups is 1. The lowest BCUT2D eigenvalue weighted by Gasteiger charge is -2.08. The highest BCUT2D eigenvalue weighted by Crippen LogP contribution is 2.25. The topological polar surface area (TPSA) is 78.3 Å². The van der Waals surface area contributed by atoms with E-state index < -0.39 is 12.8 Å². The Morgan fingerprint density at radius 1 is 1.57 bits per heavy atom. The third kappa shape index (κ3) is 1.93. The molecule has 0 atom stereocenters. The van der Waals surface area contributed by atoms with Crippen LogP contribution in [0.1, 0.15) is 15.9 Å². The van der Waals surface area contributed by atoms with Gasteiger partial charge in [0.05, 0.1) is 5.69 Å². The number of carbonyl (C=O) groups excluding carboxylic acids is 1. The second-order valence-electron chi connectivity index (χ2n) is 2.82. The molecule has 14 heavy (non-hydrogen) atoms. The number of nitrogens with two attached hydrogens (primary N) is 2. The van der Waals surface area contributed by atoms with Gasteiger partial charge in [-0.15, -0.1) is 0 Å². The monoisotopic (exact) mass is 198 g/mol. The lowest BCUT2D eigenvalue weighted by molar-refractivity contribution is 0.0999. The van der Waals surface area contributed by atoms with Crippen molar-refractivity contribution in [3.8, 4) is 5.75 Å². The van der Waals surface area contributed by atoms with E-state index in [0.29, 0.717) is 11.1 Å². The summed E-state index contributed by atoms with van der Waals surface area (Å²) in [5.41, 5.74) is 11.7. The summed E-state index contributed by atoms with van der Waals surface area (Å²) < 4.78 is 16.5. The van der Waals surface area contributed by atoms with Crippen molar-refractivity contribution in [1.82, 2.24) is 0 Å². The Kier molecular flexibility index (Phi) is 2.91. The summed E-state index contributed by atoms with van der Waals surface area (Å²) in [4.78, 5) is 10.9. The van der Waals surface area contributed by atoms with Gasteiger partial charge in [-0.25, -0.2) is 4.39 Å². The fourth-order valence-corrected chi connectivity index (χ4v) is 1.15. The highest BCUT2D eigenvalue weighted by molar-refractivity contribution is 5.95. The van der Waals surface area contributed by atoms with Crippen LogP contribution < -0.4 is 16.2 Å². The first-order chi connectivity index (χ1) is 6.56. The minimum absolute atomic E-state index is 0.196. The zero-order chi connectivity index (χ0) is 10.7. The Hall–Kier alpha value is -1.78.